The van der Waals surface area contributed by atoms with Gasteiger partial charge < -0.3 is 38.8 Å². The molecule has 0 unspecified atom stereocenters. The zero-order valence-corrected chi connectivity index (χ0v) is 24.8. The van der Waals surface area contributed by atoms with Crippen molar-refractivity contribution >= 4 is 23.4 Å². The minimum atomic E-state index is -0.986. The first-order valence-electron chi connectivity index (χ1n) is 14.9. The molecule has 0 spiro atoms. The Balaban J connectivity index is 1.27. The molecule has 14 nitrogen and oxygen atoms in total. The second-order valence-corrected chi connectivity index (χ2v) is 11.9. The van der Waals surface area contributed by atoms with Gasteiger partial charge in [-0.2, -0.15) is 0 Å². The zero-order valence-electron chi connectivity index (χ0n) is 24.8. The minimum absolute atomic E-state index is 0.0406. The number of allylic oxidation sites excluding steroid dienone is 3. The van der Waals surface area contributed by atoms with Crippen LogP contribution in [0.1, 0.15) is 50.2 Å². The fourth-order valence-corrected chi connectivity index (χ4v) is 7.09. The van der Waals surface area contributed by atoms with Gasteiger partial charge >= 0.3 is 5.97 Å². The number of imidazole rings is 1. The molecule has 2 aromatic rings. The monoisotopic (exact) mass is 607 g/mol. The number of benzene rings is 1. The number of amides is 1. The second kappa shape index (κ2) is 10.8. The Hall–Kier alpha value is -4.11. The maximum Gasteiger partial charge on any atom is 0.374 e. The summed E-state index contributed by atoms with van der Waals surface area (Å²) in [6.45, 7) is 4.51. The fraction of sp³-hybridized carbons (Fsp3) is 0.500. The number of nitrogens with zero attached hydrogens (tertiary/aromatic N) is 3. The highest BCUT2D eigenvalue weighted by atomic mass is 16.6. The number of hydrogen-bond acceptors (Lipinski definition) is 12. The van der Waals surface area contributed by atoms with E-state index in [1.807, 2.05) is 28.7 Å². The highest BCUT2D eigenvalue weighted by Gasteiger charge is 2.51. The van der Waals surface area contributed by atoms with Crippen molar-refractivity contribution in [2.24, 2.45) is 5.73 Å². The molecule has 0 bridgehead atoms. The molecule has 7 rings (SSSR count). The molecule has 44 heavy (non-hydrogen) atoms. The van der Waals surface area contributed by atoms with Crippen LogP contribution in [0.4, 0.5) is 5.95 Å². The molecule has 1 saturated carbocycles. The number of esters is 1. The number of nitrogens with two attached hydrogens (primary N) is 1. The Morgan fingerprint density at radius 3 is 3.00 bits per heavy atom. The molecule has 1 amide bonds. The van der Waals surface area contributed by atoms with Crippen LogP contribution in [0.25, 0.3) is 5.57 Å². The van der Waals surface area contributed by atoms with Crippen molar-refractivity contribution in [1.29, 1.82) is 0 Å². The molecule has 5 aliphatic rings. The Labute approximate surface area is 254 Å². The van der Waals surface area contributed by atoms with E-state index in [-0.39, 0.29) is 30.4 Å². The second-order valence-electron chi connectivity index (χ2n) is 11.9. The lowest BCUT2D eigenvalue weighted by atomic mass is 9.74. The Kier molecular flexibility index (Phi) is 7.03. The zero-order chi connectivity index (χ0) is 30.7. The third kappa shape index (κ3) is 4.60. The summed E-state index contributed by atoms with van der Waals surface area (Å²) < 4.78 is 25.7. The summed E-state index contributed by atoms with van der Waals surface area (Å²) in [4.78, 5) is 31.9. The van der Waals surface area contributed by atoms with Crippen LogP contribution in [0.15, 0.2) is 36.4 Å². The average molecular weight is 608 g/mol. The van der Waals surface area contributed by atoms with E-state index in [1.165, 1.54) is 0 Å². The van der Waals surface area contributed by atoms with Crippen LogP contribution < -0.4 is 40.8 Å². The van der Waals surface area contributed by atoms with Crippen LogP contribution in [0, 0.1) is 0 Å². The van der Waals surface area contributed by atoms with E-state index in [0.29, 0.717) is 54.0 Å². The summed E-state index contributed by atoms with van der Waals surface area (Å²) in [6, 6.07) is 1.30. The van der Waals surface area contributed by atoms with Gasteiger partial charge in [0.05, 0.1) is 31.5 Å². The van der Waals surface area contributed by atoms with Crippen LogP contribution in [0.3, 0.4) is 0 Å². The number of carbonyl (C=O) groups excluding carboxylic acids is 2. The SMILES string of the molecule is CCOC(=O)C1=C/C(=C\Cn2ccnc2N2CN[C@H]3C(=O)N[C@H](N)N[C@@H]32)c2c(cc3c(c2OC)[C@H]2CCC[C@@](C)(O)[C@H]2O3)O1. The summed E-state index contributed by atoms with van der Waals surface area (Å²) in [5, 5.41) is 20.3. The summed E-state index contributed by atoms with van der Waals surface area (Å²) in [7, 11) is 1.61. The van der Waals surface area contributed by atoms with E-state index in [9.17, 15) is 14.7 Å². The Bertz CT molecular complexity index is 1570. The van der Waals surface area contributed by atoms with E-state index in [2.05, 4.69) is 20.9 Å². The van der Waals surface area contributed by atoms with Crippen molar-refractivity contribution in [3.8, 4) is 17.2 Å². The quantitative estimate of drug-likeness (QED) is 0.290. The lowest BCUT2D eigenvalue weighted by molar-refractivity contribution is -0.141. The molecule has 2 saturated heterocycles. The van der Waals surface area contributed by atoms with Gasteiger partial charge in [0, 0.05) is 36.5 Å². The number of ether oxygens (including phenoxy) is 4. The normalized spacial score (nSPS) is 31.2. The Morgan fingerprint density at radius 2 is 2.20 bits per heavy atom. The number of rotatable bonds is 6. The van der Waals surface area contributed by atoms with E-state index in [4.69, 9.17) is 24.7 Å². The maximum atomic E-state index is 12.9. The van der Waals surface area contributed by atoms with Gasteiger partial charge in [-0.3, -0.25) is 21.2 Å². The van der Waals surface area contributed by atoms with E-state index < -0.39 is 30.0 Å². The standard InChI is InChI=1S/C30H37N7O7/c1-4-42-27(39)19-12-15(7-10-36-11-9-32-29(36)37-14-33-22-25(37)34-28(31)35-26(22)38)20-17(43-19)13-18-21(23(20)41-3)16-6-5-8-30(2,40)24(16)44-18/h7,9,11-13,16,22,24-25,28,33-34,40H,4-6,8,10,14,31H2,1-3H3,(H,35,38)/b15-7+/t16-,22-,24+,25-,28-,30-/m1/s1. The van der Waals surface area contributed by atoms with Crippen molar-refractivity contribution in [1.82, 2.24) is 25.5 Å². The van der Waals surface area contributed by atoms with Crippen molar-refractivity contribution in [3.05, 3.63) is 47.5 Å². The Morgan fingerprint density at radius 1 is 1.36 bits per heavy atom. The fourth-order valence-electron chi connectivity index (χ4n) is 7.09. The van der Waals surface area contributed by atoms with Crippen LogP contribution in [0.5, 0.6) is 17.2 Å². The highest BCUT2D eigenvalue weighted by Crippen LogP contribution is 2.57. The lowest BCUT2D eigenvalue weighted by Crippen LogP contribution is -2.70. The van der Waals surface area contributed by atoms with E-state index in [1.54, 1.807) is 32.4 Å². The number of carbonyl (C=O) groups is 2. The van der Waals surface area contributed by atoms with Crippen molar-refractivity contribution in [2.75, 3.05) is 25.3 Å². The van der Waals surface area contributed by atoms with Gasteiger partial charge in [0.25, 0.3) is 0 Å². The molecule has 1 aromatic carbocycles. The molecule has 234 valence electrons. The average Bonchev–Trinajstić information content (AvgIpc) is 3.72. The first-order chi connectivity index (χ1) is 21.2. The van der Waals surface area contributed by atoms with Crippen molar-refractivity contribution in [2.45, 2.75) is 75.8 Å². The minimum Gasteiger partial charge on any atom is -0.496 e. The molecular formula is C30H37N7O7. The van der Waals surface area contributed by atoms with Crippen LogP contribution in [0.2, 0.25) is 0 Å². The molecule has 3 fully saturated rings. The summed E-state index contributed by atoms with van der Waals surface area (Å²) in [5.41, 5.74) is 7.30. The van der Waals surface area contributed by atoms with Gasteiger partial charge in [0.15, 0.2) is 0 Å². The maximum absolute atomic E-state index is 12.9. The predicted molar refractivity (Wildman–Crippen MR) is 157 cm³/mol. The van der Waals surface area contributed by atoms with Gasteiger partial charge in [-0.05, 0) is 44.8 Å². The molecular weight excluding hydrogens is 570 g/mol. The lowest BCUT2D eigenvalue weighted by Gasteiger charge is -2.37. The molecule has 1 aromatic heterocycles. The van der Waals surface area contributed by atoms with Gasteiger partial charge in [0.2, 0.25) is 17.6 Å². The van der Waals surface area contributed by atoms with Gasteiger partial charge in [-0.15, -0.1) is 0 Å². The number of aromatic nitrogens is 2. The third-order valence-electron chi connectivity index (χ3n) is 9.04. The van der Waals surface area contributed by atoms with Crippen molar-refractivity contribution < 1.29 is 33.6 Å². The number of methoxy groups -OCH3 is 1. The number of aliphatic hydroxyl groups is 1. The van der Waals surface area contributed by atoms with Crippen LogP contribution >= 0.6 is 0 Å². The summed E-state index contributed by atoms with van der Waals surface area (Å²) >= 11 is 0. The van der Waals surface area contributed by atoms with Gasteiger partial charge in [-0.25, -0.2) is 9.78 Å². The van der Waals surface area contributed by atoms with Gasteiger partial charge in [0.1, 0.15) is 41.8 Å². The van der Waals surface area contributed by atoms with Crippen molar-refractivity contribution in [3.63, 3.8) is 0 Å². The highest BCUT2D eigenvalue weighted by molar-refractivity contribution is 5.96. The molecule has 5 heterocycles. The summed E-state index contributed by atoms with van der Waals surface area (Å²) in [6.07, 6.45) is 8.07. The van der Waals surface area contributed by atoms with Gasteiger partial charge in [-0.1, -0.05) is 6.08 Å². The third-order valence-corrected chi connectivity index (χ3v) is 9.04. The largest absolute Gasteiger partial charge is 0.496 e. The molecule has 0 radical (unpaired) electrons. The van der Waals surface area contributed by atoms with Crippen LogP contribution in [-0.4, -0.2) is 77.1 Å². The topological polar surface area (TPSA) is 174 Å². The first kappa shape index (κ1) is 28.6. The smallest absolute Gasteiger partial charge is 0.374 e. The number of hydrogen-bond donors (Lipinski definition) is 5. The molecule has 14 heteroatoms. The molecule has 6 atom stereocenters. The predicted octanol–water partition coefficient (Wildman–Crippen LogP) is 0.618. The van der Waals surface area contributed by atoms with E-state index >= 15 is 0 Å². The molecule has 4 aliphatic heterocycles. The molecule has 1 aliphatic carbocycles. The number of anilines is 1. The van der Waals surface area contributed by atoms with E-state index in [0.717, 1.165) is 18.4 Å². The summed E-state index contributed by atoms with van der Waals surface area (Å²) in [5.74, 6) is 1.45. The van der Waals surface area contributed by atoms with Crippen LogP contribution in [-0.2, 0) is 20.9 Å². The number of fused-ring (bicyclic) bond motifs is 5. The number of nitrogens with one attached hydrogen (secondary N) is 3. The first-order valence-corrected chi connectivity index (χ1v) is 14.9. The molecule has 6 N–H and O–H groups in total.